The van der Waals surface area contributed by atoms with Crippen molar-refractivity contribution in [3.05, 3.63) is 0 Å². The maximum Gasteiger partial charge on any atom is 0.237 e. The van der Waals surface area contributed by atoms with Crippen LogP contribution in [0.3, 0.4) is 0 Å². The molecule has 2 atom stereocenters. The van der Waals surface area contributed by atoms with Crippen molar-refractivity contribution in [2.24, 2.45) is 11.7 Å². The summed E-state index contributed by atoms with van der Waals surface area (Å²) < 4.78 is 5.08. The van der Waals surface area contributed by atoms with Gasteiger partial charge in [-0.2, -0.15) is 0 Å². The Morgan fingerprint density at radius 3 is 2.63 bits per heavy atom. The van der Waals surface area contributed by atoms with Gasteiger partial charge in [0.1, 0.15) is 0 Å². The number of nitrogens with one attached hydrogen (secondary N) is 1. The van der Waals surface area contributed by atoms with Crippen molar-refractivity contribution in [2.75, 3.05) is 33.4 Å². The molecular formula is C14H29N3O2. The van der Waals surface area contributed by atoms with E-state index in [1.54, 1.807) is 7.11 Å². The number of carbonyl (C=O) groups is 1. The number of hydrogen-bond donors (Lipinski definition) is 2. The van der Waals surface area contributed by atoms with Crippen molar-refractivity contribution >= 4 is 5.91 Å². The Balaban J connectivity index is 2.27. The molecule has 0 aromatic rings. The van der Waals surface area contributed by atoms with Gasteiger partial charge in [0.05, 0.1) is 12.6 Å². The van der Waals surface area contributed by atoms with E-state index >= 15 is 0 Å². The summed E-state index contributed by atoms with van der Waals surface area (Å²) in [5, 5.41) is 3.09. The van der Waals surface area contributed by atoms with Crippen molar-refractivity contribution in [3.63, 3.8) is 0 Å². The first-order valence-electron chi connectivity index (χ1n) is 7.35. The fourth-order valence-corrected chi connectivity index (χ4v) is 2.33. The van der Waals surface area contributed by atoms with Crippen LogP contribution in [0.4, 0.5) is 0 Å². The van der Waals surface area contributed by atoms with Crippen LogP contribution in [0.15, 0.2) is 0 Å². The first kappa shape index (κ1) is 16.4. The van der Waals surface area contributed by atoms with Crippen LogP contribution in [-0.2, 0) is 9.53 Å². The first-order chi connectivity index (χ1) is 9.08. The SMILES string of the molecule is CCC(C)C(N)C(=O)NC1CCN(CCOC)CC1. The van der Waals surface area contributed by atoms with E-state index in [1.165, 1.54) is 0 Å². The number of piperidine rings is 1. The zero-order chi connectivity index (χ0) is 14.3. The molecule has 1 rings (SSSR count). The highest BCUT2D eigenvalue weighted by atomic mass is 16.5. The van der Waals surface area contributed by atoms with Crippen LogP contribution >= 0.6 is 0 Å². The molecule has 1 fully saturated rings. The lowest BCUT2D eigenvalue weighted by atomic mass is 9.98. The normalized spacial score (nSPS) is 21.1. The number of likely N-dealkylation sites (tertiary alicyclic amines) is 1. The van der Waals surface area contributed by atoms with E-state index in [1.807, 2.05) is 6.92 Å². The number of nitrogens with two attached hydrogens (primary N) is 1. The number of nitrogens with zero attached hydrogens (tertiary/aromatic N) is 1. The second kappa shape index (κ2) is 8.51. The summed E-state index contributed by atoms with van der Waals surface area (Å²) in [5.74, 6) is 0.242. The summed E-state index contributed by atoms with van der Waals surface area (Å²) in [5.41, 5.74) is 5.94. The molecule has 1 heterocycles. The molecule has 5 nitrogen and oxygen atoms in total. The van der Waals surface area contributed by atoms with E-state index in [0.717, 1.165) is 45.5 Å². The second-order valence-corrected chi connectivity index (χ2v) is 5.53. The van der Waals surface area contributed by atoms with Gasteiger partial charge >= 0.3 is 0 Å². The van der Waals surface area contributed by atoms with Crippen LogP contribution < -0.4 is 11.1 Å². The smallest absolute Gasteiger partial charge is 0.237 e. The standard InChI is InChI=1S/C14H29N3O2/c1-4-11(2)13(15)14(18)16-12-5-7-17(8-6-12)9-10-19-3/h11-13H,4-10,15H2,1-3H3,(H,16,18). The molecule has 0 aromatic carbocycles. The highest BCUT2D eigenvalue weighted by Gasteiger charge is 2.24. The summed E-state index contributed by atoms with van der Waals surface area (Å²) >= 11 is 0. The molecule has 1 amide bonds. The van der Waals surface area contributed by atoms with Gasteiger partial charge < -0.3 is 20.7 Å². The minimum absolute atomic E-state index is 0.00434. The molecule has 1 saturated heterocycles. The van der Waals surface area contributed by atoms with Crippen LogP contribution in [0.25, 0.3) is 0 Å². The predicted molar refractivity (Wildman–Crippen MR) is 76.9 cm³/mol. The number of carbonyl (C=O) groups excluding carboxylic acids is 1. The zero-order valence-electron chi connectivity index (χ0n) is 12.5. The molecule has 0 radical (unpaired) electrons. The summed E-state index contributed by atoms with van der Waals surface area (Å²) in [4.78, 5) is 14.4. The van der Waals surface area contributed by atoms with Crippen LogP contribution in [0, 0.1) is 5.92 Å². The zero-order valence-corrected chi connectivity index (χ0v) is 12.5. The quantitative estimate of drug-likeness (QED) is 0.711. The number of amides is 1. The van der Waals surface area contributed by atoms with Gasteiger partial charge in [-0.15, -0.1) is 0 Å². The van der Waals surface area contributed by atoms with Gasteiger partial charge in [0.2, 0.25) is 5.91 Å². The summed E-state index contributed by atoms with van der Waals surface area (Å²) in [7, 11) is 1.73. The lowest BCUT2D eigenvalue weighted by Gasteiger charge is -2.33. The largest absolute Gasteiger partial charge is 0.383 e. The molecule has 1 aliphatic heterocycles. The van der Waals surface area contributed by atoms with Gasteiger partial charge in [-0.1, -0.05) is 20.3 Å². The van der Waals surface area contributed by atoms with Crippen molar-refractivity contribution < 1.29 is 9.53 Å². The third kappa shape index (κ3) is 5.47. The van der Waals surface area contributed by atoms with Gasteiger partial charge in [-0.05, 0) is 18.8 Å². The molecule has 0 spiro atoms. The van der Waals surface area contributed by atoms with Gasteiger partial charge in [-0.3, -0.25) is 4.79 Å². The molecule has 112 valence electrons. The fraction of sp³-hybridized carbons (Fsp3) is 0.929. The van der Waals surface area contributed by atoms with E-state index in [2.05, 4.69) is 17.1 Å². The van der Waals surface area contributed by atoms with Gasteiger partial charge in [0.25, 0.3) is 0 Å². The lowest BCUT2D eigenvalue weighted by Crippen LogP contribution is -2.51. The third-order valence-corrected chi connectivity index (χ3v) is 4.11. The molecule has 5 heteroatoms. The van der Waals surface area contributed by atoms with Gasteiger partial charge in [-0.25, -0.2) is 0 Å². The van der Waals surface area contributed by atoms with Crippen LogP contribution in [0.5, 0.6) is 0 Å². The van der Waals surface area contributed by atoms with E-state index in [-0.39, 0.29) is 23.9 Å². The van der Waals surface area contributed by atoms with E-state index in [9.17, 15) is 4.79 Å². The molecule has 0 aromatic heterocycles. The lowest BCUT2D eigenvalue weighted by molar-refractivity contribution is -0.124. The second-order valence-electron chi connectivity index (χ2n) is 5.53. The number of methoxy groups -OCH3 is 1. The predicted octanol–water partition coefficient (Wildman–Crippen LogP) is 0.587. The van der Waals surface area contributed by atoms with E-state index in [0.29, 0.717) is 0 Å². The molecule has 0 saturated carbocycles. The summed E-state index contributed by atoms with van der Waals surface area (Å²) in [6.45, 7) is 7.88. The number of rotatable bonds is 7. The average Bonchev–Trinajstić information content (AvgIpc) is 2.44. The molecule has 3 N–H and O–H groups in total. The third-order valence-electron chi connectivity index (χ3n) is 4.11. The average molecular weight is 271 g/mol. The number of ether oxygens (including phenoxy) is 1. The highest BCUT2D eigenvalue weighted by Crippen LogP contribution is 2.11. The van der Waals surface area contributed by atoms with Crippen LogP contribution in [0.2, 0.25) is 0 Å². The monoisotopic (exact) mass is 271 g/mol. The molecule has 1 aliphatic rings. The van der Waals surface area contributed by atoms with Gasteiger partial charge in [0, 0.05) is 32.8 Å². The Morgan fingerprint density at radius 2 is 2.11 bits per heavy atom. The highest BCUT2D eigenvalue weighted by molar-refractivity contribution is 5.82. The van der Waals surface area contributed by atoms with Crippen molar-refractivity contribution in [2.45, 2.75) is 45.2 Å². The maximum absolute atomic E-state index is 12.0. The van der Waals surface area contributed by atoms with Crippen LogP contribution in [-0.4, -0.2) is 56.2 Å². The summed E-state index contributed by atoms with van der Waals surface area (Å²) in [6.07, 6.45) is 2.94. The molecule has 0 aliphatic carbocycles. The minimum Gasteiger partial charge on any atom is -0.383 e. The van der Waals surface area contributed by atoms with Crippen molar-refractivity contribution in [1.29, 1.82) is 0 Å². The van der Waals surface area contributed by atoms with Crippen LogP contribution in [0.1, 0.15) is 33.1 Å². The van der Waals surface area contributed by atoms with Gasteiger partial charge in [0.15, 0.2) is 0 Å². The Hall–Kier alpha value is -0.650. The first-order valence-corrected chi connectivity index (χ1v) is 7.35. The molecule has 2 unspecified atom stereocenters. The Morgan fingerprint density at radius 1 is 1.47 bits per heavy atom. The Labute approximate surface area is 116 Å². The molecule has 19 heavy (non-hydrogen) atoms. The maximum atomic E-state index is 12.0. The summed E-state index contributed by atoms with van der Waals surface area (Å²) in [6, 6.07) is -0.0991. The van der Waals surface area contributed by atoms with E-state index < -0.39 is 0 Å². The van der Waals surface area contributed by atoms with Crippen molar-refractivity contribution in [3.8, 4) is 0 Å². The molecule has 0 bridgehead atoms. The fourth-order valence-electron chi connectivity index (χ4n) is 2.33. The van der Waals surface area contributed by atoms with E-state index in [4.69, 9.17) is 10.5 Å². The Bertz CT molecular complexity index is 265. The Kier molecular flexibility index (Phi) is 7.34. The minimum atomic E-state index is -0.378. The number of hydrogen-bond acceptors (Lipinski definition) is 4. The van der Waals surface area contributed by atoms with Crippen molar-refractivity contribution in [1.82, 2.24) is 10.2 Å². The topological polar surface area (TPSA) is 67.6 Å². The molecular weight excluding hydrogens is 242 g/mol.